The smallest absolute Gasteiger partial charge is 0.407 e. The lowest BCUT2D eigenvalue weighted by Crippen LogP contribution is -2.38. The summed E-state index contributed by atoms with van der Waals surface area (Å²) >= 11 is 0. The van der Waals surface area contributed by atoms with Crippen LogP contribution >= 0.6 is 0 Å². The molecule has 1 aliphatic carbocycles. The molecule has 25 heavy (non-hydrogen) atoms. The molecule has 0 saturated heterocycles. The summed E-state index contributed by atoms with van der Waals surface area (Å²) in [5, 5.41) is 2.83. The largest absolute Gasteiger partial charge is 0.444 e. The Morgan fingerprint density at radius 2 is 1.88 bits per heavy atom. The topological polar surface area (TPSA) is 81.7 Å². The maximum absolute atomic E-state index is 12.2. The standard InChI is InChI=1S/C18H27NO5S.H2/c1-13-5-9-16(10-6-13)25(21,22)23-12-14-7-8-15(11-14)19-17(20)24-18(2,3)4;/h5-6,9-10,14-15H,7-8,11-12H2,1-4H3,(H,19,20);1H. The summed E-state index contributed by atoms with van der Waals surface area (Å²) in [5.41, 5.74) is 0.457. The number of benzene rings is 1. The first-order valence-electron chi connectivity index (χ1n) is 8.51. The molecular weight excluding hydrogens is 342 g/mol. The highest BCUT2D eigenvalue weighted by atomic mass is 32.2. The number of nitrogens with one attached hydrogen (secondary N) is 1. The minimum absolute atomic E-state index is 0. The van der Waals surface area contributed by atoms with Crippen molar-refractivity contribution in [3.05, 3.63) is 29.8 Å². The third kappa shape index (κ3) is 6.32. The highest BCUT2D eigenvalue weighted by Crippen LogP contribution is 2.27. The summed E-state index contributed by atoms with van der Waals surface area (Å²) in [4.78, 5) is 12.0. The van der Waals surface area contributed by atoms with E-state index in [1.165, 1.54) is 0 Å². The Bertz CT molecular complexity index is 697. The first-order chi connectivity index (χ1) is 11.5. The number of carbonyl (C=O) groups is 1. The third-order valence-electron chi connectivity index (χ3n) is 4.03. The van der Waals surface area contributed by atoms with Crippen molar-refractivity contribution in [2.75, 3.05) is 6.61 Å². The normalized spacial score (nSPS) is 21.1. The van der Waals surface area contributed by atoms with Crippen molar-refractivity contribution in [3.63, 3.8) is 0 Å². The molecule has 142 valence electrons. The molecule has 0 aromatic heterocycles. The third-order valence-corrected chi connectivity index (χ3v) is 5.33. The van der Waals surface area contributed by atoms with Gasteiger partial charge >= 0.3 is 6.09 Å². The molecule has 0 bridgehead atoms. The van der Waals surface area contributed by atoms with Crippen molar-refractivity contribution in [3.8, 4) is 0 Å². The van der Waals surface area contributed by atoms with Crippen LogP contribution in [0.4, 0.5) is 4.79 Å². The monoisotopic (exact) mass is 371 g/mol. The zero-order chi connectivity index (χ0) is 18.7. The van der Waals surface area contributed by atoms with Crippen LogP contribution < -0.4 is 5.32 Å². The highest BCUT2D eigenvalue weighted by Gasteiger charge is 2.29. The molecule has 0 aliphatic heterocycles. The summed E-state index contributed by atoms with van der Waals surface area (Å²) in [5.74, 6) is 0.0974. The molecule has 0 radical (unpaired) electrons. The summed E-state index contributed by atoms with van der Waals surface area (Å²) in [6.07, 6.45) is 1.84. The molecule has 1 aromatic rings. The van der Waals surface area contributed by atoms with E-state index >= 15 is 0 Å². The second-order valence-electron chi connectivity index (χ2n) is 7.57. The molecule has 1 saturated carbocycles. The molecule has 0 spiro atoms. The molecule has 1 aromatic carbocycles. The second-order valence-corrected chi connectivity index (χ2v) is 9.19. The zero-order valence-electron chi connectivity index (χ0n) is 15.2. The van der Waals surface area contributed by atoms with Gasteiger partial charge in [-0.15, -0.1) is 0 Å². The fraction of sp³-hybridized carbons (Fsp3) is 0.611. The maximum atomic E-state index is 12.2. The van der Waals surface area contributed by atoms with Crippen LogP contribution in [-0.4, -0.2) is 32.8 Å². The predicted molar refractivity (Wildman–Crippen MR) is 96.9 cm³/mol. The van der Waals surface area contributed by atoms with E-state index in [1.807, 2.05) is 27.7 Å². The van der Waals surface area contributed by atoms with E-state index in [1.54, 1.807) is 24.3 Å². The number of ether oxygens (including phenoxy) is 1. The van der Waals surface area contributed by atoms with Crippen LogP contribution in [0, 0.1) is 12.8 Å². The van der Waals surface area contributed by atoms with Gasteiger partial charge in [-0.2, -0.15) is 8.42 Å². The number of alkyl carbamates (subject to hydrolysis) is 1. The molecule has 2 rings (SSSR count). The average molecular weight is 371 g/mol. The Kier molecular flexibility index (Phi) is 6.11. The molecule has 1 N–H and O–H groups in total. The predicted octanol–water partition coefficient (Wildman–Crippen LogP) is 3.64. The average Bonchev–Trinajstić information content (AvgIpc) is 2.91. The van der Waals surface area contributed by atoms with E-state index < -0.39 is 21.8 Å². The molecule has 1 aliphatic rings. The molecule has 7 heteroatoms. The summed E-state index contributed by atoms with van der Waals surface area (Å²) in [7, 11) is -3.74. The Labute approximate surface area is 151 Å². The fourth-order valence-electron chi connectivity index (χ4n) is 2.79. The fourth-order valence-corrected chi connectivity index (χ4v) is 3.77. The van der Waals surface area contributed by atoms with E-state index in [-0.39, 0.29) is 24.9 Å². The van der Waals surface area contributed by atoms with Crippen LogP contribution in [0.5, 0.6) is 0 Å². The van der Waals surface area contributed by atoms with Crippen LogP contribution in [0.15, 0.2) is 29.2 Å². The first kappa shape index (κ1) is 19.7. The van der Waals surface area contributed by atoms with Crippen molar-refractivity contribution < 1.29 is 23.6 Å². The van der Waals surface area contributed by atoms with Gasteiger partial charge in [-0.25, -0.2) is 4.79 Å². The lowest BCUT2D eigenvalue weighted by Gasteiger charge is -2.21. The first-order valence-corrected chi connectivity index (χ1v) is 9.91. The summed E-state index contributed by atoms with van der Waals surface area (Å²) in [6.45, 7) is 7.46. The van der Waals surface area contributed by atoms with Gasteiger partial charge in [0.15, 0.2) is 0 Å². The molecule has 2 unspecified atom stereocenters. The van der Waals surface area contributed by atoms with Gasteiger partial charge in [0, 0.05) is 7.47 Å². The van der Waals surface area contributed by atoms with Gasteiger partial charge < -0.3 is 10.1 Å². The summed E-state index contributed by atoms with van der Waals surface area (Å²) < 4.78 is 34.8. The van der Waals surface area contributed by atoms with Crippen LogP contribution in [0.25, 0.3) is 0 Å². The number of carbonyl (C=O) groups excluding carboxylic acids is 1. The second kappa shape index (κ2) is 7.74. The van der Waals surface area contributed by atoms with Crippen LogP contribution in [0.1, 0.15) is 47.0 Å². The van der Waals surface area contributed by atoms with Crippen molar-refractivity contribution >= 4 is 16.2 Å². The number of rotatable bonds is 5. The van der Waals surface area contributed by atoms with Gasteiger partial charge in [0.2, 0.25) is 0 Å². The van der Waals surface area contributed by atoms with Gasteiger partial charge in [0.25, 0.3) is 10.1 Å². The van der Waals surface area contributed by atoms with Gasteiger partial charge in [-0.05, 0) is 65.0 Å². The molecule has 0 heterocycles. The molecule has 1 amide bonds. The quantitative estimate of drug-likeness (QED) is 0.799. The minimum atomic E-state index is -3.74. The van der Waals surface area contributed by atoms with Crippen molar-refractivity contribution in [1.29, 1.82) is 0 Å². The van der Waals surface area contributed by atoms with E-state index in [9.17, 15) is 13.2 Å². The highest BCUT2D eigenvalue weighted by molar-refractivity contribution is 7.86. The molecule has 2 atom stereocenters. The molecular formula is C18H29NO5S. The Hall–Kier alpha value is -1.60. The van der Waals surface area contributed by atoms with Crippen LogP contribution in [0.2, 0.25) is 0 Å². The Balaban J connectivity index is 0.00000338. The zero-order valence-corrected chi connectivity index (χ0v) is 16.1. The maximum Gasteiger partial charge on any atom is 0.407 e. The van der Waals surface area contributed by atoms with Gasteiger partial charge in [0.05, 0.1) is 11.5 Å². The van der Waals surface area contributed by atoms with Gasteiger partial charge in [-0.1, -0.05) is 17.7 Å². The summed E-state index contributed by atoms with van der Waals surface area (Å²) in [6, 6.07) is 6.57. The lowest BCUT2D eigenvalue weighted by atomic mass is 10.1. The van der Waals surface area contributed by atoms with Crippen LogP contribution in [-0.2, 0) is 19.0 Å². The van der Waals surface area contributed by atoms with E-state index in [0.717, 1.165) is 18.4 Å². The van der Waals surface area contributed by atoms with E-state index in [2.05, 4.69) is 5.32 Å². The van der Waals surface area contributed by atoms with Gasteiger partial charge in [-0.3, -0.25) is 4.18 Å². The SMILES string of the molecule is Cc1ccc(S(=O)(=O)OCC2CCC(NC(=O)OC(C)(C)C)C2)cc1.[HH]. The van der Waals surface area contributed by atoms with Crippen molar-refractivity contribution in [2.24, 2.45) is 5.92 Å². The van der Waals surface area contributed by atoms with Crippen LogP contribution in [0.3, 0.4) is 0 Å². The number of hydrogen-bond acceptors (Lipinski definition) is 5. The van der Waals surface area contributed by atoms with Crippen molar-refractivity contribution in [2.45, 2.75) is 63.5 Å². The molecule has 1 fully saturated rings. The van der Waals surface area contributed by atoms with Crippen molar-refractivity contribution in [1.82, 2.24) is 5.32 Å². The van der Waals surface area contributed by atoms with E-state index in [0.29, 0.717) is 6.42 Å². The number of aryl methyl sites for hydroxylation is 1. The minimum Gasteiger partial charge on any atom is -0.444 e. The number of hydrogen-bond donors (Lipinski definition) is 1. The molecule has 6 nitrogen and oxygen atoms in total. The number of amides is 1. The Morgan fingerprint density at radius 3 is 2.48 bits per heavy atom. The Morgan fingerprint density at radius 1 is 1.24 bits per heavy atom. The van der Waals surface area contributed by atoms with E-state index in [4.69, 9.17) is 8.92 Å². The lowest BCUT2D eigenvalue weighted by molar-refractivity contribution is 0.0503. The van der Waals surface area contributed by atoms with Gasteiger partial charge in [0.1, 0.15) is 5.60 Å².